The fourth-order valence-corrected chi connectivity index (χ4v) is 4.03. The average Bonchev–Trinajstić information content (AvgIpc) is 3.33. The number of rotatable bonds is 4. The highest BCUT2D eigenvalue weighted by molar-refractivity contribution is 5.80. The maximum absolute atomic E-state index is 13.5. The zero-order valence-corrected chi connectivity index (χ0v) is 18.8. The number of hydrogen-bond donors (Lipinski definition) is 2. The van der Waals surface area contributed by atoms with Gasteiger partial charge in [0.1, 0.15) is 5.60 Å². The Bertz CT molecular complexity index is 812. The monoisotopic (exact) mass is 437 g/mol. The van der Waals surface area contributed by atoms with E-state index in [0.717, 1.165) is 45.0 Å². The van der Waals surface area contributed by atoms with Crippen molar-refractivity contribution in [3.8, 4) is 0 Å². The van der Waals surface area contributed by atoms with Crippen molar-refractivity contribution in [2.24, 2.45) is 10.9 Å². The van der Waals surface area contributed by atoms with Gasteiger partial charge in [-0.25, -0.2) is 13.6 Å². The lowest BCUT2D eigenvalue weighted by Gasteiger charge is -2.24. The molecule has 2 aliphatic rings. The molecular formula is C22H33F2N5O2. The summed E-state index contributed by atoms with van der Waals surface area (Å²) in [5.74, 6) is -0.457. The first kappa shape index (κ1) is 23.1. The molecule has 1 amide bonds. The fraction of sp³-hybridized carbons (Fsp3) is 0.636. The third-order valence-electron chi connectivity index (χ3n) is 5.52. The van der Waals surface area contributed by atoms with Crippen LogP contribution in [0.25, 0.3) is 0 Å². The molecule has 0 bridgehead atoms. The number of carbonyl (C=O) groups excluding carboxylic acids is 1. The Balaban J connectivity index is 1.45. The minimum atomic E-state index is -0.824. The molecule has 1 aromatic rings. The normalized spacial score (nSPS) is 22.1. The molecule has 2 fully saturated rings. The van der Waals surface area contributed by atoms with Gasteiger partial charge in [-0.1, -0.05) is 0 Å². The Morgan fingerprint density at radius 2 is 1.97 bits per heavy atom. The van der Waals surface area contributed by atoms with Crippen LogP contribution >= 0.6 is 0 Å². The van der Waals surface area contributed by atoms with Crippen LogP contribution in [0.5, 0.6) is 0 Å². The van der Waals surface area contributed by atoms with Crippen LogP contribution in [-0.4, -0.2) is 68.4 Å². The van der Waals surface area contributed by atoms with Crippen molar-refractivity contribution >= 4 is 17.7 Å². The lowest BCUT2D eigenvalue weighted by Crippen LogP contribution is -2.45. The van der Waals surface area contributed by atoms with Crippen molar-refractivity contribution in [2.45, 2.75) is 45.3 Å². The van der Waals surface area contributed by atoms with Crippen molar-refractivity contribution in [3.05, 3.63) is 29.8 Å². The molecule has 7 nitrogen and oxygen atoms in total. The van der Waals surface area contributed by atoms with E-state index >= 15 is 0 Å². The maximum atomic E-state index is 13.5. The summed E-state index contributed by atoms with van der Waals surface area (Å²) in [5, 5.41) is 6.35. The van der Waals surface area contributed by atoms with E-state index in [-0.39, 0.29) is 6.04 Å². The molecule has 2 heterocycles. The first-order valence-electron chi connectivity index (χ1n) is 10.8. The SMILES string of the molecule is CN=C(NCC1CCN(c2ccc(F)c(F)c2)C1)N1CCC(NC(=O)OC(C)(C)C)C1. The van der Waals surface area contributed by atoms with Gasteiger partial charge < -0.3 is 25.2 Å². The van der Waals surface area contributed by atoms with Crippen LogP contribution in [0.3, 0.4) is 0 Å². The number of nitrogens with zero attached hydrogens (tertiary/aromatic N) is 3. The molecule has 0 aliphatic carbocycles. The summed E-state index contributed by atoms with van der Waals surface area (Å²) >= 11 is 0. The minimum Gasteiger partial charge on any atom is -0.444 e. The molecule has 0 saturated carbocycles. The lowest BCUT2D eigenvalue weighted by molar-refractivity contribution is 0.0507. The number of ether oxygens (including phenoxy) is 1. The number of amides is 1. The van der Waals surface area contributed by atoms with Crippen molar-refractivity contribution in [1.82, 2.24) is 15.5 Å². The van der Waals surface area contributed by atoms with Crippen LogP contribution in [-0.2, 0) is 4.74 Å². The third-order valence-corrected chi connectivity index (χ3v) is 5.52. The Morgan fingerprint density at radius 1 is 1.19 bits per heavy atom. The van der Waals surface area contributed by atoms with Crippen LogP contribution in [0.4, 0.5) is 19.3 Å². The number of carbonyl (C=O) groups is 1. The number of alkyl carbamates (subject to hydrolysis) is 1. The van der Waals surface area contributed by atoms with Gasteiger partial charge in [-0.15, -0.1) is 0 Å². The molecule has 3 rings (SSSR count). The molecule has 31 heavy (non-hydrogen) atoms. The summed E-state index contributed by atoms with van der Waals surface area (Å²) in [6.45, 7) is 9.32. The summed E-state index contributed by atoms with van der Waals surface area (Å²) in [5.41, 5.74) is 0.191. The van der Waals surface area contributed by atoms with Gasteiger partial charge in [-0.2, -0.15) is 0 Å². The highest BCUT2D eigenvalue weighted by Gasteiger charge is 2.29. The molecule has 0 aromatic heterocycles. The Kier molecular flexibility index (Phi) is 7.23. The number of anilines is 1. The zero-order valence-electron chi connectivity index (χ0n) is 18.8. The number of nitrogens with one attached hydrogen (secondary N) is 2. The standard InChI is InChI=1S/C22H33F2N5O2/c1-22(2,3)31-21(30)27-16-8-10-29(14-16)20(25-4)26-12-15-7-9-28(13-15)17-5-6-18(23)19(24)11-17/h5-6,11,15-16H,7-10,12-14H2,1-4H3,(H,25,26)(H,27,30). The third kappa shape index (κ3) is 6.45. The van der Waals surface area contributed by atoms with Gasteiger partial charge in [-0.05, 0) is 51.7 Å². The van der Waals surface area contributed by atoms with E-state index in [1.165, 1.54) is 12.1 Å². The Labute approximate surface area is 182 Å². The van der Waals surface area contributed by atoms with Crippen molar-refractivity contribution in [2.75, 3.05) is 44.7 Å². The highest BCUT2D eigenvalue weighted by atomic mass is 19.2. The highest BCUT2D eigenvalue weighted by Crippen LogP contribution is 2.25. The van der Waals surface area contributed by atoms with Gasteiger partial charge in [-0.3, -0.25) is 4.99 Å². The van der Waals surface area contributed by atoms with E-state index in [1.54, 1.807) is 13.1 Å². The quantitative estimate of drug-likeness (QED) is 0.560. The predicted molar refractivity (Wildman–Crippen MR) is 117 cm³/mol. The summed E-state index contributed by atoms with van der Waals surface area (Å²) in [7, 11) is 1.75. The van der Waals surface area contributed by atoms with Crippen LogP contribution in [0.15, 0.2) is 23.2 Å². The van der Waals surface area contributed by atoms with Gasteiger partial charge in [0.2, 0.25) is 0 Å². The lowest BCUT2D eigenvalue weighted by atomic mass is 10.1. The number of halogens is 2. The fourth-order valence-electron chi connectivity index (χ4n) is 4.03. The Hall–Kier alpha value is -2.58. The first-order valence-corrected chi connectivity index (χ1v) is 10.8. The smallest absolute Gasteiger partial charge is 0.407 e. The molecule has 9 heteroatoms. The van der Waals surface area contributed by atoms with Gasteiger partial charge >= 0.3 is 6.09 Å². The number of guanidine groups is 1. The van der Waals surface area contributed by atoms with Crippen LogP contribution in [0, 0.1) is 17.6 Å². The molecule has 172 valence electrons. The molecule has 2 aliphatic heterocycles. The maximum Gasteiger partial charge on any atom is 0.407 e. The molecule has 2 N–H and O–H groups in total. The number of likely N-dealkylation sites (tertiary alicyclic amines) is 1. The molecule has 2 unspecified atom stereocenters. The second-order valence-electron chi connectivity index (χ2n) is 9.21. The minimum absolute atomic E-state index is 0.0174. The van der Waals surface area contributed by atoms with Gasteiger partial charge in [0, 0.05) is 51.5 Å². The van der Waals surface area contributed by atoms with Gasteiger partial charge in [0.05, 0.1) is 6.04 Å². The second-order valence-corrected chi connectivity index (χ2v) is 9.21. The molecule has 2 atom stereocenters. The summed E-state index contributed by atoms with van der Waals surface area (Å²) < 4.78 is 32.0. The number of aliphatic imine (C=N–C) groups is 1. The van der Waals surface area contributed by atoms with Gasteiger partial charge in [0.15, 0.2) is 17.6 Å². The molecule has 0 radical (unpaired) electrons. The summed E-state index contributed by atoms with van der Waals surface area (Å²) in [6.07, 6.45) is 1.39. The van der Waals surface area contributed by atoms with E-state index in [2.05, 4.69) is 25.4 Å². The molecular weight excluding hydrogens is 404 g/mol. The van der Waals surface area contributed by atoms with Crippen LogP contribution in [0.2, 0.25) is 0 Å². The largest absolute Gasteiger partial charge is 0.444 e. The van der Waals surface area contributed by atoms with Crippen molar-refractivity contribution < 1.29 is 18.3 Å². The van der Waals surface area contributed by atoms with E-state index in [1.807, 2.05) is 20.8 Å². The van der Waals surface area contributed by atoms with Crippen molar-refractivity contribution in [1.29, 1.82) is 0 Å². The number of benzene rings is 1. The molecule has 1 aromatic carbocycles. The second kappa shape index (κ2) is 9.70. The average molecular weight is 438 g/mol. The molecule has 2 saturated heterocycles. The zero-order chi connectivity index (χ0) is 22.6. The van der Waals surface area contributed by atoms with E-state index in [4.69, 9.17) is 4.74 Å². The van der Waals surface area contributed by atoms with Crippen LogP contribution < -0.4 is 15.5 Å². The van der Waals surface area contributed by atoms with E-state index in [0.29, 0.717) is 18.2 Å². The molecule has 0 spiro atoms. The Morgan fingerprint density at radius 3 is 2.65 bits per heavy atom. The summed E-state index contributed by atoms with van der Waals surface area (Å²) in [6, 6.07) is 4.07. The predicted octanol–water partition coefficient (Wildman–Crippen LogP) is 2.97. The van der Waals surface area contributed by atoms with Crippen molar-refractivity contribution in [3.63, 3.8) is 0 Å². The first-order chi connectivity index (χ1) is 14.6. The number of hydrogen-bond acceptors (Lipinski definition) is 4. The van der Waals surface area contributed by atoms with E-state index < -0.39 is 23.3 Å². The van der Waals surface area contributed by atoms with E-state index in [9.17, 15) is 13.6 Å². The van der Waals surface area contributed by atoms with Crippen LogP contribution in [0.1, 0.15) is 33.6 Å². The van der Waals surface area contributed by atoms with Gasteiger partial charge in [0.25, 0.3) is 0 Å². The topological polar surface area (TPSA) is 69.2 Å². The summed E-state index contributed by atoms with van der Waals surface area (Å²) in [4.78, 5) is 20.6.